The van der Waals surface area contributed by atoms with Crippen LogP contribution in [0.5, 0.6) is 0 Å². The maximum atomic E-state index is 13.1. The van der Waals surface area contributed by atoms with Crippen LogP contribution in [0.2, 0.25) is 0 Å². The van der Waals surface area contributed by atoms with Crippen LogP contribution in [-0.2, 0) is 6.54 Å². The van der Waals surface area contributed by atoms with Gasteiger partial charge in [-0.25, -0.2) is 4.39 Å². The van der Waals surface area contributed by atoms with Gasteiger partial charge in [0.05, 0.1) is 16.2 Å². The number of aryl methyl sites for hydroxylation is 1. The van der Waals surface area contributed by atoms with Crippen molar-refractivity contribution in [2.45, 2.75) is 19.9 Å². The van der Waals surface area contributed by atoms with Crippen LogP contribution in [0.25, 0.3) is 0 Å². The lowest BCUT2D eigenvalue weighted by molar-refractivity contribution is 0.103. The normalized spacial score (nSPS) is 10.6. The highest BCUT2D eigenvalue weighted by Gasteiger charge is 2.13. The van der Waals surface area contributed by atoms with Crippen molar-refractivity contribution in [2.75, 3.05) is 0 Å². The van der Waals surface area contributed by atoms with Crippen molar-refractivity contribution in [3.8, 4) is 0 Å². The monoisotopic (exact) mass is 310 g/mol. The molecule has 0 radical (unpaired) electrons. The van der Waals surface area contributed by atoms with Crippen LogP contribution in [-0.4, -0.2) is 15.6 Å². The second kappa shape index (κ2) is 5.44. The summed E-state index contributed by atoms with van der Waals surface area (Å²) < 4.78 is 15.1. The van der Waals surface area contributed by atoms with Crippen molar-refractivity contribution >= 4 is 21.7 Å². The number of carbonyl (C=O) groups excluding carboxylic acids is 1. The van der Waals surface area contributed by atoms with Gasteiger partial charge in [-0.1, -0.05) is 6.92 Å². The fourth-order valence-electron chi connectivity index (χ4n) is 1.64. The predicted molar refractivity (Wildman–Crippen MR) is 70.1 cm³/mol. The average Bonchev–Trinajstić information content (AvgIpc) is 2.81. The van der Waals surface area contributed by atoms with Gasteiger partial charge in [-0.15, -0.1) is 0 Å². The van der Waals surface area contributed by atoms with Gasteiger partial charge in [-0.05, 0) is 40.5 Å². The third-order valence-electron chi connectivity index (χ3n) is 2.53. The summed E-state index contributed by atoms with van der Waals surface area (Å²) in [4.78, 5) is 12.1. The first kappa shape index (κ1) is 13.0. The quantitative estimate of drug-likeness (QED) is 0.811. The fraction of sp³-hybridized carbons (Fsp3) is 0.231. The molecule has 0 bridgehead atoms. The minimum Gasteiger partial charge on any atom is -0.288 e. The summed E-state index contributed by atoms with van der Waals surface area (Å²) in [5, 5.41) is 4.10. The molecule has 94 valence electrons. The highest BCUT2D eigenvalue weighted by atomic mass is 79.9. The number of ketones is 1. The zero-order valence-corrected chi connectivity index (χ0v) is 11.4. The summed E-state index contributed by atoms with van der Waals surface area (Å²) in [6, 6.07) is 4.22. The van der Waals surface area contributed by atoms with E-state index in [2.05, 4.69) is 21.0 Å². The van der Waals surface area contributed by atoms with Crippen LogP contribution >= 0.6 is 15.9 Å². The van der Waals surface area contributed by atoms with Gasteiger partial charge >= 0.3 is 0 Å². The Balaban J connectivity index is 2.26. The van der Waals surface area contributed by atoms with Gasteiger partial charge in [0.15, 0.2) is 5.78 Å². The van der Waals surface area contributed by atoms with Crippen molar-refractivity contribution in [1.82, 2.24) is 9.78 Å². The highest BCUT2D eigenvalue weighted by Crippen LogP contribution is 2.19. The molecule has 1 aromatic heterocycles. The number of nitrogens with zero attached hydrogens (tertiary/aromatic N) is 2. The molecule has 0 fully saturated rings. The molecule has 3 nitrogen and oxygen atoms in total. The lowest BCUT2D eigenvalue weighted by Crippen LogP contribution is -2.01. The molecule has 0 saturated carbocycles. The predicted octanol–water partition coefficient (Wildman–Crippen LogP) is 3.43. The number of aromatic nitrogens is 2. The van der Waals surface area contributed by atoms with Gasteiger partial charge in [0.2, 0.25) is 0 Å². The molecule has 18 heavy (non-hydrogen) atoms. The van der Waals surface area contributed by atoms with Crippen LogP contribution in [0, 0.1) is 5.82 Å². The Hall–Kier alpha value is -1.49. The Morgan fingerprint density at radius 3 is 2.89 bits per heavy atom. The minimum atomic E-state index is -0.381. The molecular weight excluding hydrogens is 299 g/mol. The third-order valence-corrected chi connectivity index (χ3v) is 3.14. The molecule has 0 spiro atoms. The molecule has 0 atom stereocenters. The van der Waals surface area contributed by atoms with E-state index >= 15 is 0 Å². The Morgan fingerprint density at radius 2 is 2.22 bits per heavy atom. The molecule has 0 aliphatic carbocycles. The summed E-state index contributed by atoms with van der Waals surface area (Å²) in [5.41, 5.74) is 0.960. The highest BCUT2D eigenvalue weighted by molar-refractivity contribution is 9.10. The molecule has 1 aromatic carbocycles. The second-order valence-corrected chi connectivity index (χ2v) is 4.80. The van der Waals surface area contributed by atoms with E-state index in [-0.39, 0.29) is 16.1 Å². The van der Waals surface area contributed by atoms with E-state index in [9.17, 15) is 9.18 Å². The Labute approximate surface area is 113 Å². The van der Waals surface area contributed by atoms with Crippen LogP contribution in [0.15, 0.2) is 35.1 Å². The standard InChI is InChI=1S/C13H12BrFN2O/c1-2-5-17-8-10(7-16-17)13(18)9-3-4-12(15)11(14)6-9/h3-4,6-8H,2,5H2,1H3. The van der Waals surface area contributed by atoms with Crippen molar-refractivity contribution < 1.29 is 9.18 Å². The summed E-state index contributed by atoms with van der Waals surface area (Å²) in [6.45, 7) is 2.82. The number of carbonyl (C=O) groups is 1. The minimum absolute atomic E-state index is 0.155. The second-order valence-electron chi connectivity index (χ2n) is 3.95. The summed E-state index contributed by atoms with van der Waals surface area (Å²) in [6.07, 6.45) is 4.20. The van der Waals surface area contributed by atoms with Gasteiger partial charge < -0.3 is 0 Å². The number of hydrogen-bond acceptors (Lipinski definition) is 2. The van der Waals surface area contributed by atoms with Crippen molar-refractivity contribution in [3.05, 3.63) is 52.0 Å². The molecule has 2 aromatic rings. The molecule has 5 heteroatoms. The van der Waals surface area contributed by atoms with E-state index < -0.39 is 0 Å². The molecular formula is C13H12BrFN2O. The zero-order chi connectivity index (χ0) is 13.1. The third kappa shape index (κ3) is 2.67. The van der Waals surface area contributed by atoms with Gasteiger partial charge in [-0.2, -0.15) is 5.10 Å². The average molecular weight is 311 g/mol. The van der Waals surface area contributed by atoms with Gasteiger partial charge in [0.1, 0.15) is 5.82 Å². The number of hydrogen-bond donors (Lipinski definition) is 0. The van der Waals surface area contributed by atoms with Crippen LogP contribution in [0.4, 0.5) is 4.39 Å². The van der Waals surface area contributed by atoms with Crippen molar-refractivity contribution in [1.29, 1.82) is 0 Å². The molecule has 0 amide bonds. The van der Waals surface area contributed by atoms with E-state index in [1.807, 2.05) is 6.92 Å². The maximum Gasteiger partial charge on any atom is 0.196 e. The summed E-state index contributed by atoms with van der Waals surface area (Å²) in [7, 11) is 0. The topological polar surface area (TPSA) is 34.9 Å². The van der Waals surface area contributed by atoms with E-state index in [1.54, 1.807) is 10.9 Å². The molecule has 0 N–H and O–H groups in total. The van der Waals surface area contributed by atoms with E-state index in [4.69, 9.17) is 0 Å². The van der Waals surface area contributed by atoms with E-state index in [1.165, 1.54) is 24.4 Å². The van der Waals surface area contributed by atoms with Gasteiger partial charge in [0, 0.05) is 18.3 Å². The molecule has 2 rings (SSSR count). The lowest BCUT2D eigenvalue weighted by atomic mass is 10.1. The summed E-state index contributed by atoms with van der Waals surface area (Å²) >= 11 is 3.07. The maximum absolute atomic E-state index is 13.1. The number of benzene rings is 1. The SMILES string of the molecule is CCCn1cc(C(=O)c2ccc(F)c(Br)c2)cn1. The molecule has 0 aliphatic heterocycles. The first-order valence-electron chi connectivity index (χ1n) is 5.64. The van der Waals surface area contributed by atoms with E-state index in [0.717, 1.165) is 13.0 Å². The van der Waals surface area contributed by atoms with Crippen molar-refractivity contribution in [2.24, 2.45) is 0 Å². The molecule has 0 saturated heterocycles. The van der Waals surface area contributed by atoms with Crippen LogP contribution in [0.3, 0.4) is 0 Å². The van der Waals surface area contributed by atoms with Crippen LogP contribution < -0.4 is 0 Å². The molecule has 0 unspecified atom stereocenters. The van der Waals surface area contributed by atoms with E-state index in [0.29, 0.717) is 11.1 Å². The summed E-state index contributed by atoms with van der Waals surface area (Å²) in [5.74, 6) is -0.536. The Bertz CT molecular complexity index is 580. The van der Waals surface area contributed by atoms with Crippen molar-refractivity contribution in [3.63, 3.8) is 0 Å². The Morgan fingerprint density at radius 1 is 1.44 bits per heavy atom. The van der Waals surface area contributed by atoms with Gasteiger partial charge in [-0.3, -0.25) is 9.48 Å². The van der Waals surface area contributed by atoms with Gasteiger partial charge in [0.25, 0.3) is 0 Å². The molecule has 1 heterocycles. The first-order chi connectivity index (χ1) is 8.61. The molecule has 0 aliphatic rings. The fourth-order valence-corrected chi connectivity index (χ4v) is 2.02. The first-order valence-corrected chi connectivity index (χ1v) is 6.43. The largest absolute Gasteiger partial charge is 0.288 e. The number of halogens is 2. The number of rotatable bonds is 4. The lowest BCUT2D eigenvalue weighted by Gasteiger charge is -2.00. The van der Waals surface area contributed by atoms with Crippen LogP contribution in [0.1, 0.15) is 29.3 Å². The zero-order valence-electron chi connectivity index (χ0n) is 9.86. The Kier molecular flexibility index (Phi) is 3.91. The smallest absolute Gasteiger partial charge is 0.196 e.